The number of guanidine groups is 1. The van der Waals surface area contributed by atoms with E-state index in [1.165, 1.54) is 25.7 Å². The predicted molar refractivity (Wildman–Crippen MR) is 94.2 cm³/mol. The molecule has 1 aliphatic carbocycles. The molecule has 7 nitrogen and oxygen atoms in total. The highest BCUT2D eigenvalue weighted by Gasteiger charge is 2.33. The van der Waals surface area contributed by atoms with E-state index < -0.39 is 10.0 Å². The lowest BCUT2D eigenvalue weighted by molar-refractivity contribution is 0.141. The molecule has 23 heavy (non-hydrogen) atoms. The van der Waals surface area contributed by atoms with E-state index in [1.807, 2.05) is 6.92 Å². The molecule has 0 saturated heterocycles. The summed E-state index contributed by atoms with van der Waals surface area (Å²) < 4.78 is 29.8. The third-order valence-electron chi connectivity index (χ3n) is 4.20. The van der Waals surface area contributed by atoms with Crippen LogP contribution in [0.2, 0.25) is 0 Å². The van der Waals surface area contributed by atoms with E-state index in [1.54, 1.807) is 7.11 Å². The second kappa shape index (κ2) is 10.1. The maximum atomic E-state index is 11.0. The molecule has 0 aromatic heterocycles. The van der Waals surface area contributed by atoms with Gasteiger partial charge < -0.3 is 15.4 Å². The number of rotatable bonds is 10. The summed E-state index contributed by atoms with van der Waals surface area (Å²) in [5.74, 6) is 0.742. The van der Waals surface area contributed by atoms with E-state index in [-0.39, 0.29) is 5.41 Å². The Bertz CT molecular complexity index is 459. The molecule has 1 saturated carbocycles. The molecule has 0 heterocycles. The number of methoxy groups -OCH3 is 1. The molecule has 0 aromatic rings. The lowest BCUT2D eigenvalue weighted by atomic mass is 9.83. The largest absolute Gasteiger partial charge is 0.385 e. The van der Waals surface area contributed by atoms with E-state index in [4.69, 9.17) is 9.73 Å². The monoisotopic (exact) mass is 348 g/mol. The van der Waals surface area contributed by atoms with Gasteiger partial charge in [-0.05, 0) is 31.6 Å². The number of nitrogens with one attached hydrogen (secondary N) is 3. The summed E-state index contributed by atoms with van der Waals surface area (Å²) in [6.07, 6.45) is 7.14. The average molecular weight is 349 g/mol. The van der Waals surface area contributed by atoms with Gasteiger partial charge in [0.2, 0.25) is 10.0 Å². The van der Waals surface area contributed by atoms with Crippen LogP contribution in [0.4, 0.5) is 0 Å². The van der Waals surface area contributed by atoms with E-state index in [9.17, 15) is 8.42 Å². The molecule has 1 aliphatic rings. The van der Waals surface area contributed by atoms with Gasteiger partial charge in [0.05, 0.1) is 6.26 Å². The van der Waals surface area contributed by atoms with Gasteiger partial charge in [0.25, 0.3) is 0 Å². The van der Waals surface area contributed by atoms with Crippen LogP contribution in [0.1, 0.15) is 39.0 Å². The second-order valence-corrected chi connectivity index (χ2v) is 8.07. The Kier molecular flexibility index (Phi) is 8.86. The van der Waals surface area contributed by atoms with Crippen LogP contribution in [0.3, 0.4) is 0 Å². The summed E-state index contributed by atoms with van der Waals surface area (Å²) in [7, 11) is -1.40. The number of hydrogen-bond acceptors (Lipinski definition) is 4. The Hall–Kier alpha value is -0.860. The van der Waals surface area contributed by atoms with Crippen molar-refractivity contribution in [1.29, 1.82) is 0 Å². The summed E-state index contributed by atoms with van der Waals surface area (Å²) in [4.78, 5) is 4.72. The minimum atomic E-state index is -3.14. The van der Waals surface area contributed by atoms with Crippen LogP contribution in [0.15, 0.2) is 4.99 Å². The lowest BCUT2D eigenvalue weighted by Crippen LogP contribution is -2.42. The van der Waals surface area contributed by atoms with Crippen molar-refractivity contribution in [3.8, 4) is 0 Å². The van der Waals surface area contributed by atoms with Crippen molar-refractivity contribution in [2.75, 3.05) is 46.2 Å². The van der Waals surface area contributed by atoms with Crippen LogP contribution in [-0.4, -0.2) is 60.5 Å². The first-order valence-electron chi connectivity index (χ1n) is 8.36. The minimum absolute atomic E-state index is 0.253. The first kappa shape index (κ1) is 20.2. The Morgan fingerprint density at radius 1 is 1.22 bits per heavy atom. The fourth-order valence-corrected chi connectivity index (χ4v) is 3.41. The average Bonchev–Trinajstić information content (AvgIpc) is 2.95. The van der Waals surface area contributed by atoms with Crippen molar-refractivity contribution in [2.45, 2.75) is 39.0 Å². The molecule has 0 unspecified atom stereocenters. The van der Waals surface area contributed by atoms with E-state index in [0.29, 0.717) is 13.1 Å². The van der Waals surface area contributed by atoms with E-state index >= 15 is 0 Å². The molecule has 0 radical (unpaired) electrons. The Morgan fingerprint density at radius 3 is 2.48 bits per heavy atom. The van der Waals surface area contributed by atoms with Gasteiger partial charge in [-0.15, -0.1) is 0 Å². The Morgan fingerprint density at radius 2 is 1.91 bits per heavy atom. The van der Waals surface area contributed by atoms with Gasteiger partial charge in [-0.3, -0.25) is 4.99 Å². The van der Waals surface area contributed by atoms with Crippen LogP contribution in [0, 0.1) is 5.41 Å². The molecular formula is C15H32N4O3S. The van der Waals surface area contributed by atoms with Crippen LogP contribution >= 0.6 is 0 Å². The molecule has 1 fully saturated rings. The third-order valence-corrected chi connectivity index (χ3v) is 4.93. The van der Waals surface area contributed by atoms with Crippen LogP contribution in [-0.2, 0) is 14.8 Å². The molecule has 3 N–H and O–H groups in total. The van der Waals surface area contributed by atoms with Crippen molar-refractivity contribution >= 4 is 16.0 Å². The van der Waals surface area contributed by atoms with Crippen molar-refractivity contribution in [3.63, 3.8) is 0 Å². The molecule has 0 aromatic carbocycles. The highest BCUT2D eigenvalue weighted by Crippen LogP contribution is 2.41. The summed E-state index contributed by atoms with van der Waals surface area (Å²) in [5, 5.41) is 6.38. The highest BCUT2D eigenvalue weighted by molar-refractivity contribution is 7.88. The van der Waals surface area contributed by atoms with Crippen LogP contribution in [0.5, 0.6) is 0 Å². The summed E-state index contributed by atoms with van der Waals surface area (Å²) in [6, 6.07) is 0. The molecule has 0 amide bonds. The molecule has 0 aliphatic heterocycles. The minimum Gasteiger partial charge on any atom is -0.385 e. The van der Waals surface area contributed by atoms with Gasteiger partial charge in [0.15, 0.2) is 5.96 Å². The number of ether oxygens (including phenoxy) is 1. The fraction of sp³-hybridized carbons (Fsp3) is 0.933. The number of sulfonamides is 1. The fourth-order valence-electron chi connectivity index (χ4n) is 2.94. The second-order valence-electron chi connectivity index (χ2n) is 6.24. The zero-order valence-corrected chi connectivity index (χ0v) is 15.5. The SMILES string of the molecule is CCNC(=NCC1(CCOC)CCCC1)NCCNS(C)(=O)=O. The molecular weight excluding hydrogens is 316 g/mol. The molecule has 136 valence electrons. The number of aliphatic imine (C=N–C) groups is 1. The zero-order valence-electron chi connectivity index (χ0n) is 14.7. The van der Waals surface area contributed by atoms with E-state index in [2.05, 4.69) is 15.4 Å². The van der Waals surface area contributed by atoms with Crippen molar-refractivity contribution < 1.29 is 13.2 Å². The smallest absolute Gasteiger partial charge is 0.208 e. The summed E-state index contributed by atoms with van der Waals surface area (Å²) in [6.45, 7) is 5.20. The third kappa shape index (κ3) is 8.53. The van der Waals surface area contributed by atoms with Crippen LogP contribution < -0.4 is 15.4 Å². The zero-order chi connectivity index (χ0) is 17.2. The van der Waals surface area contributed by atoms with Gasteiger partial charge in [0, 0.05) is 39.9 Å². The van der Waals surface area contributed by atoms with E-state index in [0.717, 1.165) is 38.3 Å². The molecule has 0 bridgehead atoms. The molecule has 0 spiro atoms. The Balaban J connectivity index is 2.51. The first-order chi connectivity index (χ1) is 10.9. The summed E-state index contributed by atoms with van der Waals surface area (Å²) in [5.41, 5.74) is 0.253. The first-order valence-corrected chi connectivity index (χ1v) is 10.3. The van der Waals surface area contributed by atoms with Crippen molar-refractivity contribution in [3.05, 3.63) is 0 Å². The van der Waals surface area contributed by atoms with Gasteiger partial charge in [-0.25, -0.2) is 13.1 Å². The van der Waals surface area contributed by atoms with Gasteiger partial charge in [0.1, 0.15) is 0 Å². The van der Waals surface area contributed by atoms with Gasteiger partial charge >= 0.3 is 0 Å². The quantitative estimate of drug-likeness (QED) is 0.307. The maximum Gasteiger partial charge on any atom is 0.208 e. The van der Waals surface area contributed by atoms with Crippen molar-refractivity contribution in [1.82, 2.24) is 15.4 Å². The Labute approximate surface area is 140 Å². The maximum absolute atomic E-state index is 11.0. The lowest BCUT2D eigenvalue weighted by Gasteiger charge is -2.27. The van der Waals surface area contributed by atoms with Gasteiger partial charge in [-0.2, -0.15) is 0 Å². The predicted octanol–water partition coefficient (Wildman–Crippen LogP) is 0.688. The van der Waals surface area contributed by atoms with Crippen molar-refractivity contribution in [2.24, 2.45) is 10.4 Å². The molecule has 0 atom stereocenters. The standard InChI is InChI=1S/C15H32N4O3S/c1-4-16-14(17-10-11-19-23(3,20)21)18-13-15(9-12-22-2)7-5-6-8-15/h19H,4-13H2,1-3H3,(H2,16,17,18). The normalized spacial score (nSPS) is 18.1. The molecule has 1 rings (SSSR count). The summed E-state index contributed by atoms with van der Waals surface area (Å²) >= 11 is 0. The number of nitrogens with zero attached hydrogens (tertiary/aromatic N) is 1. The van der Waals surface area contributed by atoms with Gasteiger partial charge in [-0.1, -0.05) is 12.8 Å². The topological polar surface area (TPSA) is 91.8 Å². The van der Waals surface area contributed by atoms with Crippen LogP contribution in [0.25, 0.3) is 0 Å². The number of hydrogen-bond donors (Lipinski definition) is 3. The highest BCUT2D eigenvalue weighted by atomic mass is 32.2. The molecule has 8 heteroatoms.